The van der Waals surface area contributed by atoms with E-state index in [9.17, 15) is 13.2 Å². The highest BCUT2D eigenvalue weighted by molar-refractivity contribution is 7.89. The third-order valence-electron chi connectivity index (χ3n) is 4.20. The van der Waals surface area contributed by atoms with Crippen molar-refractivity contribution < 1.29 is 13.2 Å². The molecule has 25 heavy (non-hydrogen) atoms. The van der Waals surface area contributed by atoms with Crippen molar-refractivity contribution in [3.8, 4) is 0 Å². The number of aromatic nitrogens is 4. The lowest BCUT2D eigenvalue weighted by Crippen LogP contribution is -2.28. The fourth-order valence-electron chi connectivity index (χ4n) is 2.79. The zero-order valence-electron chi connectivity index (χ0n) is 14.3. The van der Waals surface area contributed by atoms with Gasteiger partial charge in [-0.2, -0.15) is 10.2 Å². The van der Waals surface area contributed by atoms with Gasteiger partial charge >= 0.3 is 0 Å². The minimum absolute atomic E-state index is 0.0323. The van der Waals surface area contributed by atoms with Crippen LogP contribution in [0, 0.1) is 0 Å². The van der Waals surface area contributed by atoms with Gasteiger partial charge in [-0.1, -0.05) is 0 Å². The number of aryl methyl sites for hydroxylation is 2. The summed E-state index contributed by atoms with van der Waals surface area (Å²) in [5.41, 5.74) is 1.55. The Hall–Kier alpha value is -2.20. The van der Waals surface area contributed by atoms with E-state index in [0.717, 1.165) is 18.7 Å². The highest BCUT2D eigenvalue weighted by Crippen LogP contribution is 2.15. The lowest BCUT2D eigenvalue weighted by Gasteiger charge is -2.17. The molecule has 0 aliphatic carbocycles. The van der Waals surface area contributed by atoms with Crippen LogP contribution in [0.25, 0.3) is 0 Å². The van der Waals surface area contributed by atoms with Crippen LogP contribution in [-0.2, 0) is 41.0 Å². The smallest absolute Gasteiger partial charge is 0.244 e. The third-order valence-corrected chi connectivity index (χ3v) is 5.55. The maximum absolute atomic E-state index is 12.3. The van der Waals surface area contributed by atoms with E-state index in [1.165, 1.54) is 12.4 Å². The van der Waals surface area contributed by atoms with Gasteiger partial charge in [0.2, 0.25) is 15.9 Å². The van der Waals surface area contributed by atoms with Crippen LogP contribution >= 0.6 is 0 Å². The van der Waals surface area contributed by atoms with Gasteiger partial charge in [0.15, 0.2) is 0 Å². The van der Waals surface area contributed by atoms with Gasteiger partial charge in [0.1, 0.15) is 4.90 Å². The first-order valence-electron chi connectivity index (χ1n) is 8.22. The number of nitrogens with zero attached hydrogens (tertiary/aromatic N) is 5. The standard InChI is InChI=1S/C15H22N6O3S/c1-3-20-11-15(9-16-20)25(23,24)17-8-13-7-14-10-19(12(2)22)5-4-6-21(14)18-13/h7,9,11,17H,3-6,8,10H2,1-2H3. The molecule has 3 heterocycles. The molecule has 10 heteroatoms. The SMILES string of the molecule is CCn1cc(S(=O)(=O)NCc2cc3n(n2)CCCN(C(C)=O)C3)cn1. The second-order valence-electron chi connectivity index (χ2n) is 6.00. The summed E-state index contributed by atoms with van der Waals surface area (Å²) in [6.45, 7) is 6.07. The van der Waals surface area contributed by atoms with Crippen LogP contribution in [0.1, 0.15) is 31.7 Å². The van der Waals surface area contributed by atoms with E-state index in [4.69, 9.17) is 0 Å². The van der Waals surface area contributed by atoms with Crippen molar-refractivity contribution in [3.63, 3.8) is 0 Å². The molecule has 1 N–H and O–H groups in total. The van der Waals surface area contributed by atoms with E-state index in [1.54, 1.807) is 16.5 Å². The van der Waals surface area contributed by atoms with Crippen LogP contribution in [-0.4, -0.2) is 45.3 Å². The summed E-state index contributed by atoms with van der Waals surface area (Å²) in [7, 11) is -3.63. The number of carbonyl (C=O) groups is 1. The molecular formula is C15H22N6O3S. The minimum atomic E-state index is -3.63. The zero-order valence-corrected chi connectivity index (χ0v) is 15.2. The fraction of sp³-hybridized carbons (Fsp3) is 0.533. The number of amides is 1. The van der Waals surface area contributed by atoms with E-state index >= 15 is 0 Å². The molecule has 0 unspecified atom stereocenters. The summed E-state index contributed by atoms with van der Waals surface area (Å²) < 4.78 is 30.6. The van der Waals surface area contributed by atoms with Crippen LogP contribution in [0.5, 0.6) is 0 Å². The lowest BCUT2D eigenvalue weighted by molar-refractivity contribution is -0.129. The molecule has 0 spiro atoms. The summed E-state index contributed by atoms with van der Waals surface area (Å²) in [5.74, 6) is 0.0323. The highest BCUT2D eigenvalue weighted by Gasteiger charge is 2.20. The monoisotopic (exact) mass is 366 g/mol. The predicted molar refractivity (Wildman–Crippen MR) is 89.9 cm³/mol. The summed E-state index contributed by atoms with van der Waals surface area (Å²) in [4.78, 5) is 13.5. The first-order valence-corrected chi connectivity index (χ1v) is 9.70. The van der Waals surface area contributed by atoms with Crippen molar-refractivity contribution in [3.05, 3.63) is 29.8 Å². The van der Waals surface area contributed by atoms with Crippen LogP contribution in [0.15, 0.2) is 23.4 Å². The number of sulfonamides is 1. The van der Waals surface area contributed by atoms with E-state index in [-0.39, 0.29) is 17.3 Å². The van der Waals surface area contributed by atoms with Crippen molar-refractivity contribution in [2.45, 2.75) is 51.3 Å². The summed E-state index contributed by atoms with van der Waals surface area (Å²) in [6, 6.07) is 1.85. The largest absolute Gasteiger partial charge is 0.337 e. The summed E-state index contributed by atoms with van der Waals surface area (Å²) in [5, 5.41) is 8.44. The molecule has 2 aromatic heterocycles. The Bertz CT molecular complexity index is 870. The Kier molecular flexibility index (Phi) is 4.91. The number of fused-ring (bicyclic) bond motifs is 1. The molecule has 1 aliphatic rings. The van der Waals surface area contributed by atoms with E-state index < -0.39 is 10.0 Å². The van der Waals surface area contributed by atoms with Gasteiger partial charge in [0.05, 0.1) is 30.7 Å². The number of hydrogen-bond acceptors (Lipinski definition) is 5. The number of hydrogen-bond donors (Lipinski definition) is 1. The van der Waals surface area contributed by atoms with Gasteiger partial charge in [-0.25, -0.2) is 13.1 Å². The van der Waals surface area contributed by atoms with Gasteiger partial charge in [0, 0.05) is 32.8 Å². The molecule has 1 aliphatic heterocycles. The maximum atomic E-state index is 12.3. The van der Waals surface area contributed by atoms with Crippen molar-refractivity contribution in [1.82, 2.24) is 29.2 Å². The van der Waals surface area contributed by atoms with Gasteiger partial charge in [-0.3, -0.25) is 14.2 Å². The number of rotatable bonds is 5. The van der Waals surface area contributed by atoms with Crippen LogP contribution in [0.2, 0.25) is 0 Å². The van der Waals surface area contributed by atoms with E-state index in [0.29, 0.717) is 25.3 Å². The Balaban J connectivity index is 1.70. The molecule has 0 fully saturated rings. The Morgan fingerprint density at radius 1 is 1.36 bits per heavy atom. The molecule has 0 saturated heterocycles. The van der Waals surface area contributed by atoms with Gasteiger partial charge in [-0.05, 0) is 19.4 Å². The third kappa shape index (κ3) is 3.90. The summed E-state index contributed by atoms with van der Waals surface area (Å²) >= 11 is 0. The molecule has 2 aromatic rings. The van der Waals surface area contributed by atoms with E-state index in [2.05, 4.69) is 14.9 Å². The quantitative estimate of drug-likeness (QED) is 0.822. The zero-order chi connectivity index (χ0) is 18.0. The highest BCUT2D eigenvalue weighted by atomic mass is 32.2. The second kappa shape index (κ2) is 6.96. The molecule has 136 valence electrons. The van der Waals surface area contributed by atoms with Gasteiger partial charge in [-0.15, -0.1) is 0 Å². The minimum Gasteiger partial charge on any atom is -0.337 e. The Morgan fingerprint density at radius 2 is 2.16 bits per heavy atom. The normalized spacial score (nSPS) is 15.0. The molecule has 0 saturated carbocycles. The topological polar surface area (TPSA) is 102 Å². The molecule has 0 radical (unpaired) electrons. The number of nitrogens with one attached hydrogen (secondary N) is 1. The molecule has 0 aromatic carbocycles. The first-order chi connectivity index (χ1) is 11.9. The molecule has 9 nitrogen and oxygen atoms in total. The van der Waals surface area contributed by atoms with Crippen molar-refractivity contribution in [1.29, 1.82) is 0 Å². The second-order valence-corrected chi connectivity index (χ2v) is 7.77. The number of carbonyl (C=O) groups excluding carboxylic acids is 1. The van der Waals surface area contributed by atoms with Crippen LogP contribution in [0.4, 0.5) is 0 Å². The van der Waals surface area contributed by atoms with E-state index in [1.807, 2.05) is 17.7 Å². The molecular weight excluding hydrogens is 344 g/mol. The molecule has 1 amide bonds. The van der Waals surface area contributed by atoms with Crippen molar-refractivity contribution in [2.24, 2.45) is 0 Å². The molecule has 0 atom stereocenters. The molecule has 0 bridgehead atoms. The lowest BCUT2D eigenvalue weighted by atomic mass is 10.3. The average Bonchev–Trinajstić information content (AvgIpc) is 3.15. The fourth-order valence-corrected chi connectivity index (χ4v) is 3.74. The van der Waals surface area contributed by atoms with Crippen molar-refractivity contribution >= 4 is 15.9 Å². The average molecular weight is 366 g/mol. The van der Waals surface area contributed by atoms with Gasteiger partial charge in [0.25, 0.3) is 0 Å². The van der Waals surface area contributed by atoms with Gasteiger partial charge < -0.3 is 4.90 Å². The predicted octanol–water partition coefficient (Wildman–Crippen LogP) is 0.330. The van der Waals surface area contributed by atoms with Crippen LogP contribution in [0.3, 0.4) is 0 Å². The first kappa shape index (κ1) is 17.6. The van der Waals surface area contributed by atoms with Crippen LogP contribution < -0.4 is 4.72 Å². The van der Waals surface area contributed by atoms with Crippen molar-refractivity contribution in [2.75, 3.05) is 6.54 Å². The molecule has 3 rings (SSSR count). The maximum Gasteiger partial charge on any atom is 0.244 e. The summed E-state index contributed by atoms with van der Waals surface area (Å²) in [6.07, 6.45) is 3.66. The Labute approximate surface area is 146 Å². The Morgan fingerprint density at radius 3 is 2.84 bits per heavy atom.